The standard InChI is InChI=1S/C22H23N5O3S/c1-23-18-9-17-10-19(27(31(3,28)29)13-16-7-5-4-6-8-16)14-30-22(17)20(11-18)26(2)21-12-24-15-25-21/h4-9,11-12,15,19H,10,13-14H2,2-3H3,(H,24,25). The maximum absolute atomic E-state index is 12.6. The minimum absolute atomic E-state index is 0.230. The Bertz CT molecular complexity index is 1200. The minimum atomic E-state index is -3.47. The minimum Gasteiger partial charge on any atom is -0.490 e. The fourth-order valence-electron chi connectivity index (χ4n) is 3.81. The zero-order valence-electron chi connectivity index (χ0n) is 17.3. The second-order valence-electron chi connectivity index (χ2n) is 7.52. The third-order valence-electron chi connectivity index (χ3n) is 5.36. The molecule has 1 N–H and O–H groups in total. The largest absolute Gasteiger partial charge is 0.490 e. The Hall–Kier alpha value is -3.35. The first-order chi connectivity index (χ1) is 14.9. The van der Waals surface area contributed by atoms with Gasteiger partial charge in [0, 0.05) is 13.6 Å². The molecule has 0 saturated carbocycles. The number of sulfonamides is 1. The molecule has 2 heterocycles. The molecular formula is C22H23N5O3S. The van der Waals surface area contributed by atoms with Crippen LogP contribution in [0.25, 0.3) is 4.85 Å². The summed E-state index contributed by atoms with van der Waals surface area (Å²) in [5.41, 5.74) is 2.93. The lowest BCUT2D eigenvalue weighted by Crippen LogP contribution is -2.45. The normalized spacial score (nSPS) is 15.7. The lowest BCUT2D eigenvalue weighted by molar-refractivity contribution is 0.180. The number of rotatable bonds is 6. The smallest absolute Gasteiger partial charge is 0.211 e. The summed E-state index contributed by atoms with van der Waals surface area (Å²) in [5.74, 6) is 1.42. The summed E-state index contributed by atoms with van der Waals surface area (Å²) in [5, 5.41) is 0. The number of nitrogens with one attached hydrogen (secondary N) is 1. The molecule has 160 valence electrons. The van der Waals surface area contributed by atoms with Crippen LogP contribution in [0.3, 0.4) is 0 Å². The molecule has 1 unspecified atom stereocenters. The molecule has 1 atom stereocenters. The van der Waals surface area contributed by atoms with Crippen molar-refractivity contribution in [3.63, 3.8) is 0 Å². The van der Waals surface area contributed by atoms with Crippen molar-refractivity contribution in [2.45, 2.75) is 19.0 Å². The second kappa shape index (κ2) is 8.41. The van der Waals surface area contributed by atoms with Crippen LogP contribution >= 0.6 is 0 Å². The lowest BCUT2D eigenvalue weighted by Gasteiger charge is -2.35. The molecule has 0 fully saturated rings. The van der Waals surface area contributed by atoms with E-state index in [1.807, 2.05) is 42.3 Å². The first-order valence-electron chi connectivity index (χ1n) is 9.77. The van der Waals surface area contributed by atoms with Crippen LogP contribution in [0.2, 0.25) is 0 Å². The van der Waals surface area contributed by atoms with Crippen LogP contribution in [0.15, 0.2) is 55.0 Å². The van der Waals surface area contributed by atoms with E-state index in [1.54, 1.807) is 24.7 Å². The van der Waals surface area contributed by atoms with Gasteiger partial charge in [-0.3, -0.25) is 0 Å². The molecule has 1 aromatic heterocycles. The highest BCUT2D eigenvalue weighted by Crippen LogP contribution is 2.42. The van der Waals surface area contributed by atoms with Gasteiger partial charge in [0.15, 0.2) is 5.69 Å². The highest BCUT2D eigenvalue weighted by Gasteiger charge is 2.33. The van der Waals surface area contributed by atoms with E-state index in [4.69, 9.17) is 11.3 Å². The van der Waals surface area contributed by atoms with Gasteiger partial charge in [0.05, 0.1) is 37.1 Å². The summed E-state index contributed by atoms with van der Waals surface area (Å²) < 4.78 is 32.8. The van der Waals surface area contributed by atoms with Gasteiger partial charge in [-0.2, -0.15) is 4.31 Å². The van der Waals surface area contributed by atoms with Gasteiger partial charge in [-0.25, -0.2) is 18.2 Å². The second-order valence-corrected chi connectivity index (χ2v) is 9.46. The molecule has 2 aromatic carbocycles. The molecule has 0 saturated heterocycles. The van der Waals surface area contributed by atoms with Crippen molar-refractivity contribution in [2.75, 3.05) is 24.8 Å². The summed E-state index contributed by atoms with van der Waals surface area (Å²) in [6.07, 6.45) is 4.95. The molecule has 0 aliphatic carbocycles. The molecule has 0 spiro atoms. The third kappa shape index (κ3) is 4.40. The third-order valence-corrected chi connectivity index (χ3v) is 6.64. The van der Waals surface area contributed by atoms with Crippen LogP contribution in [0, 0.1) is 6.57 Å². The summed E-state index contributed by atoms with van der Waals surface area (Å²) in [7, 11) is -1.61. The number of hydrogen-bond donors (Lipinski definition) is 1. The molecule has 0 amide bonds. The average Bonchev–Trinajstić information content (AvgIpc) is 3.30. The maximum atomic E-state index is 12.6. The number of imidazole rings is 1. The Balaban J connectivity index is 1.68. The number of anilines is 2. The molecule has 1 aliphatic rings. The van der Waals surface area contributed by atoms with Gasteiger partial charge in [-0.1, -0.05) is 30.3 Å². The van der Waals surface area contributed by atoms with Crippen LogP contribution < -0.4 is 9.64 Å². The molecule has 31 heavy (non-hydrogen) atoms. The van der Waals surface area contributed by atoms with Crippen molar-refractivity contribution < 1.29 is 13.2 Å². The molecule has 0 radical (unpaired) electrons. The van der Waals surface area contributed by atoms with E-state index in [1.165, 1.54) is 10.6 Å². The van der Waals surface area contributed by atoms with Gasteiger partial charge < -0.3 is 14.6 Å². The summed E-state index contributed by atoms with van der Waals surface area (Å²) in [6, 6.07) is 12.7. The number of aromatic amines is 1. The van der Waals surface area contributed by atoms with E-state index in [2.05, 4.69) is 14.8 Å². The van der Waals surface area contributed by atoms with Crippen LogP contribution in [0.4, 0.5) is 17.2 Å². The number of ether oxygens (including phenoxy) is 1. The number of aromatic nitrogens is 2. The maximum Gasteiger partial charge on any atom is 0.211 e. The van der Waals surface area contributed by atoms with Crippen LogP contribution in [0.1, 0.15) is 11.1 Å². The van der Waals surface area contributed by atoms with Gasteiger partial charge in [-0.05, 0) is 29.7 Å². The van der Waals surface area contributed by atoms with Gasteiger partial charge in [0.1, 0.15) is 18.2 Å². The van der Waals surface area contributed by atoms with Gasteiger partial charge >= 0.3 is 0 Å². The first-order valence-corrected chi connectivity index (χ1v) is 11.6. The first kappa shape index (κ1) is 20.9. The van der Waals surface area contributed by atoms with Crippen LogP contribution in [0.5, 0.6) is 5.75 Å². The fraction of sp³-hybridized carbons (Fsp3) is 0.273. The van der Waals surface area contributed by atoms with Gasteiger partial charge in [0.2, 0.25) is 10.0 Å². The zero-order valence-corrected chi connectivity index (χ0v) is 18.1. The predicted molar refractivity (Wildman–Crippen MR) is 119 cm³/mol. The Morgan fingerprint density at radius 1 is 1.29 bits per heavy atom. The topological polar surface area (TPSA) is 82.9 Å². The molecule has 1 aliphatic heterocycles. The number of benzene rings is 2. The van der Waals surface area contributed by atoms with Crippen molar-refractivity contribution >= 4 is 27.2 Å². The molecule has 0 bridgehead atoms. The fourth-order valence-corrected chi connectivity index (χ4v) is 4.87. The number of hydrogen-bond acceptors (Lipinski definition) is 5. The Labute approximate surface area is 182 Å². The van der Waals surface area contributed by atoms with Gasteiger partial charge in [0.25, 0.3) is 0 Å². The van der Waals surface area contributed by atoms with E-state index in [-0.39, 0.29) is 19.2 Å². The van der Waals surface area contributed by atoms with Crippen molar-refractivity contribution in [3.05, 3.63) is 77.5 Å². The van der Waals surface area contributed by atoms with E-state index in [9.17, 15) is 8.42 Å². The van der Waals surface area contributed by atoms with Crippen molar-refractivity contribution in [1.29, 1.82) is 0 Å². The van der Waals surface area contributed by atoms with Crippen molar-refractivity contribution in [3.8, 4) is 5.75 Å². The van der Waals surface area contributed by atoms with Crippen molar-refractivity contribution in [1.82, 2.24) is 14.3 Å². The van der Waals surface area contributed by atoms with E-state index in [0.717, 1.165) is 22.6 Å². The van der Waals surface area contributed by atoms with Crippen LogP contribution in [-0.2, 0) is 23.0 Å². The Morgan fingerprint density at radius 2 is 2.06 bits per heavy atom. The predicted octanol–water partition coefficient (Wildman–Crippen LogP) is 3.49. The Morgan fingerprint density at radius 3 is 2.71 bits per heavy atom. The van der Waals surface area contributed by atoms with Crippen LogP contribution in [-0.4, -0.2) is 48.6 Å². The van der Waals surface area contributed by atoms with Gasteiger partial charge in [-0.15, -0.1) is 0 Å². The monoisotopic (exact) mass is 437 g/mol. The summed E-state index contributed by atoms with van der Waals surface area (Å²) in [6.45, 7) is 8.00. The molecule has 8 nitrogen and oxygen atoms in total. The SMILES string of the molecule is [C-]#[N+]c1cc2c(c(N(C)c3cnc[nH]3)c1)OCC(N(Cc1ccccc1)S(C)(=O)=O)C2. The summed E-state index contributed by atoms with van der Waals surface area (Å²) >= 11 is 0. The number of fused-ring (bicyclic) bond motifs is 1. The lowest BCUT2D eigenvalue weighted by atomic mass is 10.00. The highest BCUT2D eigenvalue weighted by molar-refractivity contribution is 7.88. The molecule has 3 aromatic rings. The average molecular weight is 438 g/mol. The molecule has 9 heteroatoms. The van der Waals surface area contributed by atoms with Crippen molar-refractivity contribution in [2.24, 2.45) is 0 Å². The zero-order chi connectivity index (χ0) is 22.0. The van der Waals surface area contributed by atoms with E-state index < -0.39 is 10.0 Å². The summed E-state index contributed by atoms with van der Waals surface area (Å²) in [4.78, 5) is 12.6. The highest BCUT2D eigenvalue weighted by atomic mass is 32.2. The Kier molecular flexibility index (Phi) is 5.67. The number of H-pyrrole nitrogens is 1. The quantitative estimate of drug-likeness (QED) is 0.597. The van der Waals surface area contributed by atoms with E-state index in [0.29, 0.717) is 17.9 Å². The molecule has 4 rings (SSSR count). The molecular weight excluding hydrogens is 414 g/mol. The number of nitrogens with zero attached hydrogens (tertiary/aromatic N) is 4. The van der Waals surface area contributed by atoms with E-state index >= 15 is 0 Å².